The number of aromatic nitrogens is 5. The summed E-state index contributed by atoms with van der Waals surface area (Å²) in [4.78, 5) is 13.1. The molecule has 0 amide bonds. The molecule has 94 valence electrons. The average Bonchev–Trinajstić information content (AvgIpc) is 2.93. The van der Waals surface area contributed by atoms with Gasteiger partial charge in [-0.25, -0.2) is 9.50 Å². The van der Waals surface area contributed by atoms with E-state index in [4.69, 9.17) is 0 Å². The lowest BCUT2D eigenvalue weighted by Gasteiger charge is -2.16. The molecule has 1 aliphatic rings. The fraction of sp³-hybridized carbons (Fsp3) is 0.231. The summed E-state index contributed by atoms with van der Waals surface area (Å²) in [5.41, 5.74) is 3.16. The summed E-state index contributed by atoms with van der Waals surface area (Å²) in [6, 6.07) is 5.72. The molecule has 6 nitrogen and oxygen atoms in total. The van der Waals surface area contributed by atoms with Gasteiger partial charge in [-0.3, -0.25) is 4.98 Å². The molecule has 3 aromatic rings. The van der Waals surface area contributed by atoms with Gasteiger partial charge in [-0.05, 0) is 12.1 Å². The maximum absolute atomic E-state index is 4.55. The van der Waals surface area contributed by atoms with Gasteiger partial charge in [0.25, 0.3) is 5.78 Å². The molecule has 19 heavy (non-hydrogen) atoms. The lowest BCUT2D eigenvalue weighted by atomic mass is 10.1. The second kappa shape index (κ2) is 4.10. The smallest absolute Gasteiger partial charge is 0.253 e. The van der Waals surface area contributed by atoms with E-state index in [0.29, 0.717) is 11.6 Å². The van der Waals surface area contributed by atoms with Gasteiger partial charge < -0.3 is 5.32 Å². The van der Waals surface area contributed by atoms with E-state index >= 15 is 0 Å². The van der Waals surface area contributed by atoms with Gasteiger partial charge in [0.05, 0.1) is 5.69 Å². The number of nitrogens with zero attached hydrogens (tertiary/aromatic N) is 5. The van der Waals surface area contributed by atoms with Gasteiger partial charge in [0.1, 0.15) is 5.69 Å². The van der Waals surface area contributed by atoms with Gasteiger partial charge in [0.15, 0.2) is 0 Å². The number of nitrogens with one attached hydrogen (secondary N) is 1. The second-order valence-corrected chi connectivity index (χ2v) is 4.52. The van der Waals surface area contributed by atoms with Crippen molar-refractivity contribution in [1.82, 2.24) is 29.9 Å². The van der Waals surface area contributed by atoms with Crippen LogP contribution in [-0.2, 0) is 13.0 Å². The minimum atomic E-state index is 0.625. The second-order valence-electron chi connectivity index (χ2n) is 4.52. The monoisotopic (exact) mass is 252 g/mol. The summed E-state index contributed by atoms with van der Waals surface area (Å²) < 4.78 is 1.85. The first kappa shape index (κ1) is 10.6. The molecule has 4 heterocycles. The summed E-state index contributed by atoms with van der Waals surface area (Å²) in [6.07, 6.45) is 4.57. The zero-order valence-electron chi connectivity index (χ0n) is 10.2. The van der Waals surface area contributed by atoms with Gasteiger partial charge in [0, 0.05) is 37.5 Å². The molecular weight excluding hydrogens is 240 g/mol. The van der Waals surface area contributed by atoms with E-state index in [1.165, 1.54) is 11.3 Å². The fourth-order valence-electron chi connectivity index (χ4n) is 2.36. The normalized spacial score (nSPS) is 14.5. The highest BCUT2D eigenvalue weighted by Gasteiger charge is 2.16. The predicted octanol–water partition coefficient (Wildman–Crippen LogP) is 0.832. The molecule has 0 spiro atoms. The minimum Gasteiger partial charge on any atom is -0.312 e. The molecule has 1 aliphatic heterocycles. The van der Waals surface area contributed by atoms with Gasteiger partial charge in [-0.15, -0.1) is 5.10 Å². The Bertz CT molecular complexity index is 733. The van der Waals surface area contributed by atoms with E-state index in [2.05, 4.69) is 25.4 Å². The van der Waals surface area contributed by atoms with Crippen molar-refractivity contribution >= 4 is 5.78 Å². The molecular formula is C13H12N6. The Morgan fingerprint density at radius 2 is 2.21 bits per heavy atom. The number of hydrogen-bond acceptors (Lipinski definition) is 5. The molecule has 0 atom stereocenters. The van der Waals surface area contributed by atoms with Crippen LogP contribution in [0.15, 0.2) is 30.6 Å². The molecule has 6 heteroatoms. The van der Waals surface area contributed by atoms with E-state index in [9.17, 15) is 0 Å². The van der Waals surface area contributed by atoms with Crippen LogP contribution in [0.1, 0.15) is 11.3 Å². The van der Waals surface area contributed by atoms with Gasteiger partial charge in [-0.1, -0.05) is 6.07 Å². The van der Waals surface area contributed by atoms with Crippen molar-refractivity contribution < 1.29 is 0 Å². The summed E-state index contributed by atoms with van der Waals surface area (Å²) in [7, 11) is 0. The molecule has 3 aromatic heterocycles. The molecule has 4 rings (SSSR count). The fourth-order valence-corrected chi connectivity index (χ4v) is 2.36. The highest BCUT2D eigenvalue weighted by molar-refractivity contribution is 5.52. The van der Waals surface area contributed by atoms with Crippen molar-refractivity contribution in [3.8, 4) is 11.5 Å². The van der Waals surface area contributed by atoms with Crippen molar-refractivity contribution in [3.05, 3.63) is 41.9 Å². The standard InChI is InChI=1S/C13H12N6/c1-2-5-15-10(3-1)12-17-13-16-8-9-7-14-6-4-11(9)19(13)18-12/h1-3,5,8,14H,4,6-7H2. The summed E-state index contributed by atoms with van der Waals surface area (Å²) >= 11 is 0. The third-order valence-corrected chi connectivity index (χ3v) is 3.30. The highest BCUT2D eigenvalue weighted by Crippen LogP contribution is 2.17. The van der Waals surface area contributed by atoms with Crippen LogP contribution in [0, 0.1) is 0 Å². The zero-order chi connectivity index (χ0) is 12.7. The van der Waals surface area contributed by atoms with Crippen molar-refractivity contribution in [2.75, 3.05) is 6.54 Å². The van der Waals surface area contributed by atoms with Gasteiger partial charge in [0.2, 0.25) is 5.82 Å². The summed E-state index contributed by atoms with van der Waals surface area (Å²) in [6.45, 7) is 1.81. The maximum atomic E-state index is 4.55. The van der Waals surface area contributed by atoms with Crippen molar-refractivity contribution in [1.29, 1.82) is 0 Å². The topological polar surface area (TPSA) is 68.0 Å². The Kier molecular flexibility index (Phi) is 2.28. The maximum Gasteiger partial charge on any atom is 0.253 e. The van der Waals surface area contributed by atoms with E-state index in [1.54, 1.807) is 6.20 Å². The number of pyridine rings is 1. The molecule has 1 N–H and O–H groups in total. The molecule has 0 bridgehead atoms. The van der Waals surface area contributed by atoms with Crippen LogP contribution in [0.5, 0.6) is 0 Å². The van der Waals surface area contributed by atoms with Crippen LogP contribution in [-0.4, -0.2) is 31.1 Å². The number of hydrogen-bond donors (Lipinski definition) is 1. The van der Waals surface area contributed by atoms with Crippen LogP contribution >= 0.6 is 0 Å². The molecule has 0 saturated carbocycles. The highest BCUT2D eigenvalue weighted by atomic mass is 15.3. The minimum absolute atomic E-state index is 0.625. The van der Waals surface area contributed by atoms with Crippen molar-refractivity contribution in [2.45, 2.75) is 13.0 Å². The van der Waals surface area contributed by atoms with Crippen LogP contribution in [0.4, 0.5) is 0 Å². The number of fused-ring (bicyclic) bond motifs is 3. The summed E-state index contributed by atoms with van der Waals surface area (Å²) in [5.74, 6) is 1.27. The molecule has 0 unspecified atom stereocenters. The predicted molar refractivity (Wildman–Crippen MR) is 69.4 cm³/mol. The van der Waals surface area contributed by atoms with Crippen LogP contribution in [0.3, 0.4) is 0 Å². The van der Waals surface area contributed by atoms with Gasteiger partial charge >= 0.3 is 0 Å². The number of rotatable bonds is 1. The lowest BCUT2D eigenvalue weighted by Crippen LogP contribution is -2.26. The molecule has 0 fully saturated rings. The Morgan fingerprint density at radius 1 is 1.21 bits per heavy atom. The Balaban J connectivity index is 1.92. The Hall–Kier alpha value is -2.34. The quantitative estimate of drug-likeness (QED) is 0.695. The van der Waals surface area contributed by atoms with Crippen LogP contribution < -0.4 is 5.32 Å². The zero-order valence-corrected chi connectivity index (χ0v) is 10.2. The SMILES string of the molecule is c1ccc(-c2nc3ncc4c(n3n2)CCNC4)nc1. The first-order valence-electron chi connectivity index (χ1n) is 6.27. The molecule has 0 radical (unpaired) electrons. The average molecular weight is 252 g/mol. The molecule has 0 aliphatic carbocycles. The largest absolute Gasteiger partial charge is 0.312 e. The molecule has 0 aromatic carbocycles. The van der Waals surface area contributed by atoms with Crippen molar-refractivity contribution in [3.63, 3.8) is 0 Å². The Morgan fingerprint density at radius 3 is 3.11 bits per heavy atom. The van der Waals surface area contributed by atoms with E-state index in [1.807, 2.05) is 28.9 Å². The lowest BCUT2D eigenvalue weighted by molar-refractivity contribution is 0.610. The van der Waals surface area contributed by atoms with Gasteiger partial charge in [-0.2, -0.15) is 4.98 Å². The third-order valence-electron chi connectivity index (χ3n) is 3.30. The van der Waals surface area contributed by atoms with Crippen molar-refractivity contribution in [2.24, 2.45) is 0 Å². The summed E-state index contributed by atoms with van der Waals surface area (Å²) in [5, 5.41) is 7.88. The Labute approximate surface area is 109 Å². The van der Waals surface area contributed by atoms with E-state index < -0.39 is 0 Å². The van der Waals surface area contributed by atoms with E-state index in [-0.39, 0.29) is 0 Å². The van der Waals surface area contributed by atoms with Crippen LogP contribution in [0.25, 0.3) is 17.3 Å². The molecule has 0 saturated heterocycles. The first-order valence-corrected chi connectivity index (χ1v) is 6.27. The first-order chi connectivity index (χ1) is 9.42. The third kappa shape index (κ3) is 1.68. The van der Waals surface area contributed by atoms with E-state index in [0.717, 1.165) is 25.2 Å². The van der Waals surface area contributed by atoms with Crippen LogP contribution in [0.2, 0.25) is 0 Å².